The summed E-state index contributed by atoms with van der Waals surface area (Å²) in [7, 11) is 2.97. The summed E-state index contributed by atoms with van der Waals surface area (Å²) in [5.74, 6) is 0.933. The number of hydrogen-bond acceptors (Lipinski definition) is 4. The van der Waals surface area contributed by atoms with Gasteiger partial charge < -0.3 is 9.47 Å². The Morgan fingerprint density at radius 2 is 1.90 bits per heavy atom. The van der Waals surface area contributed by atoms with Crippen molar-refractivity contribution in [1.29, 1.82) is 0 Å². The number of esters is 1. The molecule has 0 N–H and O–H groups in total. The van der Waals surface area contributed by atoms with Gasteiger partial charge in [0.2, 0.25) is 0 Å². The van der Waals surface area contributed by atoms with Crippen LogP contribution in [0.15, 0.2) is 48.7 Å². The summed E-state index contributed by atoms with van der Waals surface area (Å²) < 4.78 is 12.0. The zero-order valence-corrected chi connectivity index (χ0v) is 11.7. The molecule has 0 saturated heterocycles. The second kappa shape index (κ2) is 5.28. The molecule has 0 aliphatic heterocycles. The number of carbonyl (C=O) groups is 1. The SMILES string of the molecule is COC(=O)c1cccc2cnc(-c3ccccc3OC)n12. The fraction of sp³-hybridized carbons (Fsp3) is 0.125. The number of carbonyl (C=O) groups excluding carboxylic acids is 1. The van der Waals surface area contributed by atoms with Crippen LogP contribution < -0.4 is 4.74 Å². The predicted octanol–water partition coefficient (Wildman–Crippen LogP) is 2.80. The summed E-state index contributed by atoms with van der Waals surface area (Å²) in [6, 6.07) is 12.9. The smallest absolute Gasteiger partial charge is 0.355 e. The minimum absolute atomic E-state index is 0.408. The first-order valence-electron chi connectivity index (χ1n) is 6.44. The van der Waals surface area contributed by atoms with Gasteiger partial charge in [0.05, 0.1) is 31.5 Å². The van der Waals surface area contributed by atoms with E-state index in [4.69, 9.17) is 9.47 Å². The fourth-order valence-corrected chi connectivity index (χ4v) is 2.33. The summed E-state index contributed by atoms with van der Waals surface area (Å²) in [6.45, 7) is 0. The van der Waals surface area contributed by atoms with Crippen LogP contribution in [-0.4, -0.2) is 29.6 Å². The van der Waals surface area contributed by atoms with Gasteiger partial charge in [-0.25, -0.2) is 9.78 Å². The van der Waals surface area contributed by atoms with E-state index in [1.807, 2.05) is 30.3 Å². The van der Waals surface area contributed by atoms with Crippen LogP contribution in [0.1, 0.15) is 10.5 Å². The number of benzene rings is 1. The number of imidazole rings is 1. The van der Waals surface area contributed by atoms with Crippen LogP contribution in [0.5, 0.6) is 5.75 Å². The van der Waals surface area contributed by atoms with Crippen molar-refractivity contribution >= 4 is 11.5 Å². The summed E-state index contributed by atoms with van der Waals surface area (Å²) in [5.41, 5.74) is 2.06. The topological polar surface area (TPSA) is 52.8 Å². The van der Waals surface area contributed by atoms with Crippen LogP contribution in [0.2, 0.25) is 0 Å². The van der Waals surface area contributed by atoms with Gasteiger partial charge in [-0.2, -0.15) is 0 Å². The largest absolute Gasteiger partial charge is 0.496 e. The Bertz CT molecular complexity index is 808. The van der Waals surface area contributed by atoms with Crippen molar-refractivity contribution in [3.8, 4) is 17.1 Å². The van der Waals surface area contributed by atoms with Gasteiger partial charge >= 0.3 is 5.97 Å². The van der Waals surface area contributed by atoms with Gasteiger partial charge in [0.1, 0.15) is 17.3 Å². The average molecular weight is 282 g/mol. The van der Waals surface area contributed by atoms with Crippen molar-refractivity contribution in [2.24, 2.45) is 0 Å². The van der Waals surface area contributed by atoms with E-state index < -0.39 is 5.97 Å². The van der Waals surface area contributed by atoms with E-state index in [2.05, 4.69) is 4.98 Å². The third-order valence-electron chi connectivity index (χ3n) is 3.29. The van der Waals surface area contributed by atoms with Crippen LogP contribution >= 0.6 is 0 Å². The molecule has 0 radical (unpaired) electrons. The number of para-hydroxylation sites is 1. The third-order valence-corrected chi connectivity index (χ3v) is 3.29. The highest BCUT2D eigenvalue weighted by Gasteiger charge is 2.17. The molecule has 0 aliphatic carbocycles. The van der Waals surface area contributed by atoms with Crippen molar-refractivity contribution < 1.29 is 14.3 Å². The first-order valence-corrected chi connectivity index (χ1v) is 6.44. The van der Waals surface area contributed by atoms with E-state index in [9.17, 15) is 4.79 Å². The molecule has 106 valence electrons. The molecule has 0 saturated carbocycles. The van der Waals surface area contributed by atoms with E-state index in [1.165, 1.54) is 7.11 Å². The number of aromatic nitrogens is 2. The maximum absolute atomic E-state index is 12.0. The zero-order valence-electron chi connectivity index (χ0n) is 11.7. The monoisotopic (exact) mass is 282 g/mol. The lowest BCUT2D eigenvalue weighted by Crippen LogP contribution is -2.08. The molecule has 1 aromatic carbocycles. The lowest BCUT2D eigenvalue weighted by Gasteiger charge is -2.10. The summed E-state index contributed by atoms with van der Waals surface area (Å²) in [5, 5.41) is 0. The second-order valence-electron chi connectivity index (χ2n) is 4.44. The molecule has 0 spiro atoms. The number of ether oxygens (including phenoxy) is 2. The van der Waals surface area contributed by atoms with Gasteiger partial charge in [-0.3, -0.25) is 4.40 Å². The summed E-state index contributed by atoms with van der Waals surface area (Å²) in [6.07, 6.45) is 1.72. The predicted molar refractivity (Wildman–Crippen MR) is 78.5 cm³/mol. The fourth-order valence-electron chi connectivity index (χ4n) is 2.33. The minimum atomic E-state index is -0.408. The Hall–Kier alpha value is -2.82. The molecule has 5 heteroatoms. The van der Waals surface area contributed by atoms with E-state index in [1.54, 1.807) is 29.8 Å². The summed E-state index contributed by atoms with van der Waals surface area (Å²) >= 11 is 0. The molecule has 5 nitrogen and oxygen atoms in total. The molecular formula is C16H14N2O3. The van der Waals surface area contributed by atoms with E-state index in [-0.39, 0.29) is 0 Å². The Morgan fingerprint density at radius 3 is 2.67 bits per heavy atom. The van der Waals surface area contributed by atoms with Gasteiger partial charge in [0.15, 0.2) is 0 Å². The van der Waals surface area contributed by atoms with Crippen molar-refractivity contribution in [3.05, 3.63) is 54.4 Å². The van der Waals surface area contributed by atoms with Gasteiger partial charge in [-0.15, -0.1) is 0 Å². The third kappa shape index (κ3) is 2.12. The standard InChI is InChI=1S/C16H14N2O3/c1-20-14-9-4-3-7-12(14)15-17-10-11-6-5-8-13(18(11)15)16(19)21-2/h3-10H,1-2H3. The van der Waals surface area contributed by atoms with Crippen LogP contribution in [0.4, 0.5) is 0 Å². The van der Waals surface area contributed by atoms with Crippen molar-refractivity contribution in [3.63, 3.8) is 0 Å². The quantitative estimate of drug-likeness (QED) is 0.693. The van der Waals surface area contributed by atoms with E-state index >= 15 is 0 Å². The Morgan fingerprint density at radius 1 is 1.10 bits per heavy atom. The molecule has 0 amide bonds. The molecule has 2 aromatic heterocycles. The van der Waals surface area contributed by atoms with Crippen molar-refractivity contribution in [2.45, 2.75) is 0 Å². The highest BCUT2D eigenvalue weighted by Crippen LogP contribution is 2.30. The average Bonchev–Trinajstić information content (AvgIpc) is 2.97. The maximum atomic E-state index is 12.0. The number of nitrogens with zero attached hydrogens (tertiary/aromatic N) is 2. The summed E-state index contributed by atoms with van der Waals surface area (Å²) in [4.78, 5) is 16.4. The van der Waals surface area contributed by atoms with Crippen LogP contribution in [0, 0.1) is 0 Å². The molecule has 0 fully saturated rings. The normalized spacial score (nSPS) is 10.6. The Labute approximate surface area is 121 Å². The zero-order chi connectivity index (χ0) is 14.8. The highest BCUT2D eigenvalue weighted by atomic mass is 16.5. The number of pyridine rings is 1. The number of hydrogen-bond donors (Lipinski definition) is 0. The van der Waals surface area contributed by atoms with Gasteiger partial charge in [-0.1, -0.05) is 18.2 Å². The first kappa shape index (κ1) is 13.2. The Kier molecular flexibility index (Phi) is 3.31. The van der Waals surface area contributed by atoms with E-state index in [0.717, 1.165) is 11.1 Å². The number of methoxy groups -OCH3 is 2. The molecule has 3 aromatic rings. The molecular weight excluding hydrogens is 268 g/mol. The second-order valence-corrected chi connectivity index (χ2v) is 4.44. The molecule has 0 aliphatic rings. The van der Waals surface area contributed by atoms with E-state index in [0.29, 0.717) is 17.3 Å². The van der Waals surface area contributed by atoms with Gasteiger partial charge in [0.25, 0.3) is 0 Å². The molecule has 0 atom stereocenters. The number of fused-ring (bicyclic) bond motifs is 1. The van der Waals surface area contributed by atoms with Crippen LogP contribution in [-0.2, 0) is 4.74 Å². The molecule has 0 unspecified atom stereocenters. The van der Waals surface area contributed by atoms with Crippen molar-refractivity contribution in [2.75, 3.05) is 14.2 Å². The lowest BCUT2D eigenvalue weighted by molar-refractivity contribution is 0.0592. The molecule has 2 heterocycles. The van der Waals surface area contributed by atoms with Gasteiger partial charge in [0, 0.05) is 0 Å². The van der Waals surface area contributed by atoms with Crippen molar-refractivity contribution in [1.82, 2.24) is 9.38 Å². The van der Waals surface area contributed by atoms with Gasteiger partial charge in [-0.05, 0) is 24.3 Å². The van der Waals surface area contributed by atoms with Crippen LogP contribution in [0.25, 0.3) is 16.9 Å². The molecule has 3 rings (SSSR count). The lowest BCUT2D eigenvalue weighted by atomic mass is 10.2. The molecule has 0 bridgehead atoms. The molecule has 21 heavy (non-hydrogen) atoms. The maximum Gasteiger partial charge on any atom is 0.355 e. The van der Waals surface area contributed by atoms with Crippen LogP contribution in [0.3, 0.4) is 0 Å². The first-order chi connectivity index (χ1) is 10.3. The number of rotatable bonds is 3. The Balaban J connectivity index is 2.31. The minimum Gasteiger partial charge on any atom is -0.496 e. The highest BCUT2D eigenvalue weighted by molar-refractivity contribution is 5.89.